The predicted molar refractivity (Wildman–Crippen MR) is 94.4 cm³/mol. The van der Waals surface area contributed by atoms with Crippen LogP contribution in [0.3, 0.4) is 0 Å². The summed E-state index contributed by atoms with van der Waals surface area (Å²) in [5.41, 5.74) is 7.75. The summed E-state index contributed by atoms with van der Waals surface area (Å²) in [5.74, 6) is 0.517. The topological polar surface area (TPSA) is 55.1 Å². The second-order valence-electron chi connectivity index (χ2n) is 6.51. The number of benzene rings is 1. The number of rotatable bonds is 5. The van der Waals surface area contributed by atoms with Crippen LogP contribution in [-0.4, -0.2) is 19.0 Å². The lowest BCUT2D eigenvalue weighted by Gasteiger charge is -2.37. The fraction of sp³-hybridized carbons (Fsp3) is 0.611. The minimum atomic E-state index is -0.335. The van der Waals surface area contributed by atoms with E-state index < -0.39 is 0 Å². The lowest BCUT2D eigenvalue weighted by atomic mass is 9.67. The van der Waals surface area contributed by atoms with Crippen molar-refractivity contribution in [3.05, 3.63) is 35.4 Å². The van der Waals surface area contributed by atoms with Gasteiger partial charge in [0, 0.05) is 6.54 Å². The minimum absolute atomic E-state index is 0. The summed E-state index contributed by atoms with van der Waals surface area (Å²) in [6.07, 6.45) is 5.42. The van der Waals surface area contributed by atoms with E-state index in [2.05, 4.69) is 37.4 Å². The molecular weight excluding hydrogens is 296 g/mol. The summed E-state index contributed by atoms with van der Waals surface area (Å²) in [4.78, 5) is 12.9. The van der Waals surface area contributed by atoms with Crippen molar-refractivity contribution in [2.24, 2.45) is 11.7 Å². The number of aryl methyl sites for hydroxylation is 1. The molecule has 22 heavy (non-hydrogen) atoms. The first-order valence-electron chi connectivity index (χ1n) is 8.14. The Balaban J connectivity index is 0.00000242. The molecule has 1 aromatic carbocycles. The highest BCUT2D eigenvalue weighted by Crippen LogP contribution is 2.41. The first kappa shape index (κ1) is 19.0. The van der Waals surface area contributed by atoms with Gasteiger partial charge >= 0.3 is 0 Å². The zero-order valence-electron chi connectivity index (χ0n) is 13.7. The van der Waals surface area contributed by atoms with E-state index in [1.165, 1.54) is 17.5 Å². The molecule has 0 radical (unpaired) electrons. The molecule has 1 fully saturated rings. The number of carbonyl (C=O) groups is 1. The third-order valence-corrected chi connectivity index (χ3v) is 4.82. The number of halogens is 1. The van der Waals surface area contributed by atoms with E-state index in [1.807, 2.05) is 6.07 Å². The van der Waals surface area contributed by atoms with Gasteiger partial charge in [-0.25, -0.2) is 0 Å². The number of hydrogen-bond acceptors (Lipinski definition) is 2. The summed E-state index contributed by atoms with van der Waals surface area (Å²) < 4.78 is 0. The van der Waals surface area contributed by atoms with Gasteiger partial charge < -0.3 is 11.1 Å². The molecular formula is C18H29ClN2O. The average Bonchev–Trinajstić information content (AvgIpc) is 2.53. The van der Waals surface area contributed by atoms with E-state index in [4.69, 9.17) is 5.73 Å². The van der Waals surface area contributed by atoms with Crippen LogP contribution in [-0.2, 0) is 10.2 Å². The Hall–Kier alpha value is -1.06. The van der Waals surface area contributed by atoms with Gasteiger partial charge in [0.2, 0.25) is 5.91 Å². The molecule has 0 aromatic heterocycles. The molecule has 1 amide bonds. The van der Waals surface area contributed by atoms with Crippen molar-refractivity contribution in [2.75, 3.05) is 13.1 Å². The smallest absolute Gasteiger partial charge is 0.230 e. The third kappa shape index (κ3) is 4.02. The zero-order chi connectivity index (χ0) is 15.3. The highest BCUT2D eigenvalue weighted by atomic mass is 35.5. The lowest BCUT2D eigenvalue weighted by Crippen LogP contribution is -2.47. The van der Waals surface area contributed by atoms with E-state index in [0.29, 0.717) is 19.0 Å². The van der Waals surface area contributed by atoms with Gasteiger partial charge in [-0.2, -0.15) is 0 Å². The van der Waals surface area contributed by atoms with Gasteiger partial charge in [-0.3, -0.25) is 4.79 Å². The first-order valence-corrected chi connectivity index (χ1v) is 8.14. The van der Waals surface area contributed by atoms with Crippen LogP contribution in [0.5, 0.6) is 0 Å². The fourth-order valence-corrected chi connectivity index (χ4v) is 3.40. The molecule has 1 aromatic rings. The van der Waals surface area contributed by atoms with Crippen LogP contribution in [0.4, 0.5) is 0 Å². The van der Waals surface area contributed by atoms with Crippen molar-refractivity contribution in [1.29, 1.82) is 0 Å². The van der Waals surface area contributed by atoms with Crippen LogP contribution >= 0.6 is 12.4 Å². The monoisotopic (exact) mass is 324 g/mol. The Labute approximate surface area is 140 Å². The lowest BCUT2D eigenvalue weighted by molar-refractivity contribution is -0.128. The molecule has 3 N–H and O–H groups in total. The third-order valence-electron chi connectivity index (χ3n) is 4.82. The maximum Gasteiger partial charge on any atom is 0.230 e. The highest BCUT2D eigenvalue weighted by Gasteiger charge is 2.41. The molecule has 0 heterocycles. The summed E-state index contributed by atoms with van der Waals surface area (Å²) in [6.45, 7) is 5.46. The maximum absolute atomic E-state index is 12.9. The zero-order valence-corrected chi connectivity index (χ0v) is 14.5. The molecule has 1 saturated carbocycles. The van der Waals surface area contributed by atoms with Crippen LogP contribution in [0.15, 0.2) is 24.3 Å². The van der Waals surface area contributed by atoms with Crippen molar-refractivity contribution in [3.8, 4) is 0 Å². The van der Waals surface area contributed by atoms with Crippen molar-refractivity contribution >= 4 is 18.3 Å². The Morgan fingerprint density at radius 2 is 1.91 bits per heavy atom. The molecule has 1 unspecified atom stereocenters. The number of nitrogens with two attached hydrogens (primary N) is 1. The molecule has 1 atom stereocenters. The number of hydrogen-bond donors (Lipinski definition) is 2. The van der Waals surface area contributed by atoms with Gasteiger partial charge in [0.1, 0.15) is 0 Å². The second-order valence-corrected chi connectivity index (χ2v) is 6.51. The van der Waals surface area contributed by atoms with Crippen LogP contribution in [0.1, 0.15) is 50.2 Å². The molecule has 1 aliphatic rings. The van der Waals surface area contributed by atoms with Gasteiger partial charge in [0.15, 0.2) is 0 Å². The molecule has 2 rings (SSSR count). The van der Waals surface area contributed by atoms with Gasteiger partial charge in [0.05, 0.1) is 5.41 Å². The van der Waals surface area contributed by atoms with Crippen LogP contribution in [0.25, 0.3) is 0 Å². The molecule has 4 heteroatoms. The van der Waals surface area contributed by atoms with Crippen molar-refractivity contribution in [1.82, 2.24) is 5.32 Å². The number of amides is 1. The SMILES string of the molecule is Cc1ccccc1C1(C(=O)NCC(C)CN)CCCCC1.Cl. The fourth-order valence-electron chi connectivity index (χ4n) is 3.40. The molecule has 1 aliphatic carbocycles. The van der Waals surface area contributed by atoms with Crippen molar-refractivity contribution in [2.45, 2.75) is 51.4 Å². The van der Waals surface area contributed by atoms with E-state index in [-0.39, 0.29) is 23.7 Å². The molecule has 124 valence electrons. The Morgan fingerprint density at radius 3 is 2.50 bits per heavy atom. The van der Waals surface area contributed by atoms with Crippen LogP contribution < -0.4 is 11.1 Å². The van der Waals surface area contributed by atoms with Crippen molar-refractivity contribution in [3.63, 3.8) is 0 Å². The first-order chi connectivity index (χ1) is 10.1. The highest BCUT2D eigenvalue weighted by molar-refractivity contribution is 5.88. The van der Waals surface area contributed by atoms with E-state index in [9.17, 15) is 4.79 Å². The Kier molecular flexibility index (Phi) is 7.37. The van der Waals surface area contributed by atoms with Gasteiger partial charge in [-0.05, 0) is 43.4 Å². The summed E-state index contributed by atoms with van der Waals surface area (Å²) in [6, 6.07) is 8.34. The average molecular weight is 325 g/mol. The Morgan fingerprint density at radius 1 is 1.27 bits per heavy atom. The summed E-state index contributed by atoms with van der Waals surface area (Å²) in [7, 11) is 0. The maximum atomic E-state index is 12.9. The van der Waals surface area contributed by atoms with Gasteiger partial charge in [0.25, 0.3) is 0 Å². The normalized spacial score (nSPS) is 18.1. The molecule has 0 bridgehead atoms. The predicted octanol–water partition coefficient (Wildman–Crippen LogP) is 3.33. The standard InChI is InChI=1S/C18H28N2O.ClH/c1-14(12-19)13-20-17(21)18(10-6-3-7-11-18)16-9-5-4-8-15(16)2;/h4-5,8-9,14H,3,6-7,10-13,19H2,1-2H3,(H,20,21);1H. The quantitative estimate of drug-likeness (QED) is 0.873. The van der Waals surface area contributed by atoms with Gasteiger partial charge in [-0.1, -0.05) is 50.5 Å². The Bertz CT molecular complexity index is 484. The van der Waals surface area contributed by atoms with Crippen LogP contribution in [0.2, 0.25) is 0 Å². The molecule has 0 spiro atoms. The summed E-state index contributed by atoms with van der Waals surface area (Å²) in [5, 5.41) is 3.15. The molecule has 0 aliphatic heterocycles. The molecule has 3 nitrogen and oxygen atoms in total. The number of nitrogens with one attached hydrogen (secondary N) is 1. The van der Waals surface area contributed by atoms with Gasteiger partial charge in [-0.15, -0.1) is 12.4 Å². The van der Waals surface area contributed by atoms with E-state index >= 15 is 0 Å². The minimum Gasteiger partial charge on any atom is -0.355 e. The van der Waals surface area contributed by atoms with Crippen LogP contribution in [0, 0.1) is 12.8 Å². The summed E-state index contributed by atoms with van der Waals surface area (Å²) >= 11 is 0. The largest absolute Gasteiger partial charge is 0.355 e. The van der Waals surface area contributed by atoms with E-state index in [1.54, 1.807) is 0 Å². The van der Waals surface area contributed by atoms with Crippen molar-refractivity contribution < 1.29 is 4.79 Å². The second kappa shape index (κ2) is 8.54. The van der Waals surface area contributed by atoms with E-state index in [0.717, 1.165) is 25.7 Å². The number of carbonyl (C=O) groups excluding carboxylic acids is 1. The molecule has 0 saturated heterocycles.